The van der Waals surface area contributed by atoms with Crippen LogP contribution in [0.15, 0.2) is 0 Å². The average Bonchev–Trinajstić information content (AvgIpc) is 2.87. The summed E-state index contributed by atoms with van der Waals surface area (Å²) in [5.41, 5.74) is 0. The minimum Gasteiger partial charge on any atom is -0.311 e. The van der Waals surface area contributed by atoms with Crippen molar-refractivity contribution in [3.63, 3.8) is 0 Å². The fourth-order valence-corrected chi connectivity index (χ4v) is 2.73. The molecule has 1 aliphatic carbocycles. The van der Waals surface area contributed by atoms with Gasteiger partial charge in [-0.05, 0) is 43.2 Å². The van der Waals surface area contributed by atoms with Gasteiger partial charge < -0.3 is 5.32 Å². The number of nitrogens with zero attached hydrogens (tertiary/aromatic N) is 4. The maximum absolute atomic E-state index is 4.19. The summed E-state index contributed by atoms with van der Waals surface area (Å²) in [4.78, 5) is 0. The van der Waals surface area contributed by atoms with Gasteiger partial charge in [-0.15, -0.1) is 5.10 Å². The van der Waals surface area contributed by atoms with Crippen molar-refractivity contribution >= 4 is 0 Å². The standard InChI is InChI=1S/C12H23N5/c1-4-10-6-5-7-11(8-10)17-12(9(2)13-3)14-15-16-17/h9-11,13H,4-8H2,1-3H3. The SMILES string of the molecule is CCC1CCCC(n2nnnc2C(C)NC)C1. The van der Waals surface area contributed by atoms with Gasteiger partial charge in [-0.25, -0.2) is 4.68 Å². The lowest BCUT2D eigenvalue weighted by molar-refractivity contribution is 0.238. The van der Waals surface area contributed by atoms with E-state index in [2.05, 4.69) is 34.7 Å². The topological polar surface area (TPSA) is 55.6 Å². The van der Waals surface area contributed by atoms with Gasteiger partial charge in [0.05, 0.1) is 12.1 Å². The van der Waals surface area contributed by atoms with Crippen molar-refractivity contribution in [1.82, 2.24) is 25.5 Å². The summed E-state index contributed by atoms with van der Waals surface area (Å²) in [5.74, 6) is 1.81. The van der Waals surface area contributed by atoms with Crippen LogP contribution in [0.3, 0.4) is 0 Å². The number of tetrazole rings is 1. The lowest BCUT2D eigenvalue weighted by atomic mass is 9.84. The first-order valence-corrected chi connectivity index (χ1v) is 6.71. The summed E-state index contributed by atoms with van der Waals surface area (Å²) in [6.45, 7) is 4.38. The van der Waals surface area contributed by atoms with Crippen LogP contribution in [0, 0.1) is 5.92 Å². The van der Waals surface area contributed by atoms with Crippen molar-refractivity contribution in [3.05, 3.63) is 5.82 Å². The van der Waals surface area contributed by atoms with Crippen LogP contribution < -0.4 is 5.32 Å². The molecule has 0 spiro atoms. The number of hydrogen-bond acceptors (Lipinski definition) is 4. The molecule has 0 amide bonds. The predicted molar refractivity (Wildman–Crippen MR) is 66.6 cm³/mol. The number of nitrogens with one attached hydrogen (secondary N) is 1. The van der Waals surface area contributed by atoms with Gasteiger partial charge >= 0.3 is 0 Å². The second-order valence-corrected chi connectivity index (χ2v) is 5.09. The summed E-state index contributed by atoms with van der Waals surface area (Å²) < 4.78 is 2.04. The van der Waals surface area contributed by atoms with Crippen LogP contribution in [-0.2, 0) is 0 Å². The maximum Gasteiger partial charge on any atom is 0.168 e. The molecule has 3 unspecified atom stereocenters. The molecule has 0 aromatic carbocycles. The van der Waals surface area contributed by atoms with E-state index >= 15 is 0 Å². The Morgan fingerprint density at radius 2 is 2.29 bits per heavy atom. The molecule has 1 aromatic rings. The minimum atomic E-state index is 0.215. The molecular weight excluding hydrogens is 214 g/mol. The Morgan fingerprint density at radius 3 is 3.00 bits per heavy atom. The van der Waals surface area contributed by atoms with E-state index in [0.717, 1.165) is 11.7 Å². The molecule has 3 atom stereocenters. The van der Waals surface area contributed by atoms with Crippen LogP contribution in [-0.4, -0.2) is 27.3 Å². The maximum atomic E-state index is 4.19. The zero-order chi connectivity index (χ0) is 12.3. The van der Waals surface area contributed by atoms with Crippen LogP contribution in [0.2, 0.25) is 0 Å². The molecule has 0 aliphatic heterocycles. The van der Waals surface area contributed by atoms with E-state index in [-0.39, 0.29) is 6.04 Å². The Hall–Kier alpha value is -0.970. The average molecular weight is 237 g/mol. The van der Waals surface area contributed by atoms with Crippen LogP contribution in [0.5, 0.6) is 0 Å². The highest BCUT2D eigenvalue weighted by molar-refractivity contribution is 4.92. The molecular formula is C12H23N5. The molecule has 1 fully saturated rings. The zero-order valence-electron chi connectivity index (χ0n) is 11.1. The molecule has 0 saturated heterocycles. The number of rotatable bonds is 4. The third-order valence-corrected chi connectivity index (χ3v) is 4.02. The quantitative estimate of drug-likeness (QED) is 0.871. The van der Waals surface area contributed by atoms with Crippen molar-refractivity contribution < 1.29 is 0 Å². The molecule has 2 rings (SSSR count). The second-order valence-electron chi connectivity index (χ2n) is 5.09. The highest BCUT2D eigenvalue weighted by Gasteiger charge is 2.26. The lowest BCUT2D eigenvalue weighted by Gasteiger charge is -2.29. The molecule has 1 aliphatic rings. The van der Waals surface area contributed by atoms with Gasteiger partial charge in [0.1, 0.15) is 0 Å². The van der Waals surface area contributed by atoms with Crippen molar-refractivity contribution in [2.45, 2.75) is 58.0 Å². The fraction of sp³-hybridized carbons (Fsp3) is 0.917. The van der Waals surface area contributed by atoms with Crippen LogP contribution in [0.1, 0.15) is 63.9 Å². The fourth-order valence-electron chi connectivity index (χ4n) is 2.73. The van der Waals surface area contributed by atoms with Crippen molar-refractivity contribution in [2.24, 2.45) is 5.92 Å². The van der Waals surface area contributed by atoms with Gasteiger partial charge in [-0.2, -0.15) is 0 Å². The Kier molecular flexibility index (Phi) is 4.10. The van der Waals surface area contributed by atoms with E-state index < -0.39 is 0 Å². The molecule has 1 saturated carbocycles. The van der Waals surface area contributed by atoms with E-state index in [1.165, 1.54) is 32.1 Å². The van der Waals surface area contributed by atoms with Crippen LogP contribution in [0.25, 0.3) is 0 Å². The second kappa shape index (κ2) is 5.58. The molecule has 1 aromatic heterocycles. The number of hydrogen-bond donors (Lipinski definition) is 1. The van der Waals surface area contributed by atoms with Gasteiger partial charge in [-0.3, -0.25) is 0 Å². The number of aromatic nitrogens is 4. The van der Waals surface area contributed by atoms with Gasteiger partial charge in [0.25, 0.3) is 0 Å². The zero-order valence-corrected chi connectivity index (χ0v) is 11.1. The summed E-state index contributed by atoms with van der Waals surface area (Å²) in [7, 11) is 1.94. The first kappa shape index (κ1) is 12.5. The third-order valence-electron chi connectivity index (χ3n) is 4.02. The van der Waals surface area contributed by atoms with E-state index in [1.54, 1.807) is 0 Å². The first-order valence-electron chi connectivity index (χ1n) is 6.71. The lowest BCUT2D eigenvalue weighted by Crippen LogP contribution is -2.25. The molecule has 5 nitrogen and oxygen atoms in total. The van der Waals surface area contributed by atoms with Gasteiger partial charge in [0.2, 0.25) is 0 Å². The Labute approximate surface area is 103 Å². The molecule has 1 heterocycles. The minimum absolute atomic E-state index is 0.215. The monoisotopic (exact) mass is 237 g/mol. The smallest absolute Gasteiger partial charge is 0.168 e. The van der Waals surface area contributed by atoms with E-state index in [1.807, 2.05) is 11.7 Å². The molecule has 1 N–H and O–H groups in total. The highest BCUT2D eigenvalue weighted by atomic mass is 15.6. The Bertz CT molecular complexity index is 348. The van der Waals surface area contributed by atoms with Crippen molar-refractivity contribution in [2.75, 3.05) is 7.05 Å². The van der Waals surface area contributed by atoms with E-state index in [4.69, 9.17) is 0 Å². The third kappa shape index (κ3) is 2.65. The first-order chi connectivity index (χ1) is 8.26. The normalized spacial score (nSPS) is 27.0. The molecule has 96 valence electrons. The molecule has 0 radical (unpaired) electrons. The van der Waals surface area contributed by atoms with Crippen LogP contribution >= 0.6 is 0 Å². The van der Waals surface area contributed by atoms with Crippen molar-refractivity contribution in [1.29, 1.82) is 0 Å². The molecule has 0 bridgehead atoms. The summed E-state index contributed by atoms with van der Waals surface area (Å²) in [6, 6.07) is 0.710. The Morgan fingerprint density at radius 1 is 1.47 bits per heavy atom. The molecule has 5 heteroatoms. The molecule has 17 heavy (non-hydrogen) atoms. The predicted octanol–water partition coefficient (Wildman–Crippen LogP) is 2.09. The van der Waals surface area contributed by atoms with E-state index in [9.17, 15) is 0 Å². The largest absolute Gasteiger partial charge is 0.311 e. The van der Waals surface area contributed by atoms with Crippen molar-refractivity contribution in [3.8, 4) is 0 Å². The van der Waals surface area contributed by atoms with Gasteiger partial charge in [0.15, 0.2) is 5.82 Å². The summed E-state index contributed by atoms with van der Waals surface area (Å²) >= 11 is 0. The Balaban J connectivity index is 2.13. The van der Waals surface area contributed by atoms with Gasteiger partial charge in [-0.1, -0.05) is 26.2 Å². The summed E-state index contributed by atoms with van der Waals surface area (Å²) in [5, 5.41) is 15.4. The van der Waals surface area contributed by atoms with E-state index in [0.29, 0.717) is 6.04 Å². The summed E-state index contributed by atoms with van der Waals surface area (Å²) in [6.07, 6.45) is 6.38. The highest BCUT2D eigenvalue weighted by Crippen LogP contribution is 2.34. The van der Waals surface area contributed by atoms with Gasteiger partial charge in [0, 0.05) is 0 Å². The van der Waals surface area contributed by atoms with Crippen LogP contribution in [0.4, 0.5) is 0 Å².